The van der Waals surface area contributed by atoms with Crippen LogP contribution in [-0.4, -0.2) is 44.2 Å². The third kappa shape index (κ3) is 6.93. The fraction of sp³-hybridized carbons (Fsp3) is 0.647. The fourth-order valence-corrected chi connectivity index (χ4v) is 2.62. The van der Waals surface area contributed by atoms with Crippen LogP contribution < -0.4 is 4.74 Å². The number of aliphatic hydroxyl groups is 1. The van der Waals surface area contributed by atoms with E-state index in [1.807, 2.05) is 30.3 Å². The molecule has 21 heavy (non-hydrogen) atoms. The van der Waals surface area contributed by atoms with Crippen molar-refractivity contribution < 1.29 is 19.3 Å². The Morgan fingerprint density at radius 3 is 2.52 bits per heavy atom. The molecule has 4 nitrogen and oxygen atoms in total. The minimum Gasteiger partial charge on any atom is -0.491 e. The van der Waals surface area contributed by atoms with E-state index in [2.05, 4.69) is 0 Å². The molecule has 0 aromatic heterocycles. The van der Waals surface area contributed by atoms with Gasteiger partial charge in [-0.15, -0.1) is 0 Å². The Hall–Kier alpha value is -1.10. The van der Waals surface area contributed by atoms with Crippen LogP contribution in [0, 0.1) is 5.92 Å². The van der Waals surface area contributed by atoms with Gasteiger partial charge in [0.2, 0.25) is 0 Å². The summed E-state index contributed by atoms with van der Waals surface area (Å²) in [5.41, 5.74) is 0. The molecule has 0 heterocycles. The van der Waals surface area contributed by atoms with Crippen LogP contribution in [0.2, 0.25) is 0 Å². The highest BCUT2D eigenvalue weighted by Gasteiger charge is 2.19. The first-order valence-corrected chi connectivity index (χ1v) is 7.86. The van der Waals surface area contributed by atoms with E-state index in [-0.39, 0.29) is 6.10 Å². The van der Waals surface area contributed by atoms with E-state index < -0.39 is 0 Å². The van der Waals surface area contributed by atoms with Crippen molar-refractivity contribution in [3.63, 3.8) is 0 Å². The van der Waals surface area contributed by atoms with Gasteiger partial charge in [0, 0.05) is 6.61 Å². The lowest BCUT2D eigenvalue weighted by Gasteiger charge is -2.25. The lowest BCUT2D eigenvalue weighted by atomic mass is 9.88. The van der Waals surface area contributed by atoms with Crippen LogP contribution >= 0.6 is 0 Å². The number of benzene rings is 1. The maximum Gasteiger partial charge on any atom is 0.119 e. The molecule has 1 aromatic rings. The average molecular weight is 294 g/mol. The van der Waals surface area contributed by atoms with Crippen LogP contribution in [0.1, 0.15) is 25.7 Å². The molecular formula is C17H26O4. The average Bonchev–Trinajstić information content (AvgIpc) is 2.51. The number of hydrogen-bond acceptors (Lipinski definition) is 4. The minimum absolute atomic E-state index is 0.126. The molecule has 2 unspecified atom stereocenters. The summed E-state index contributed by atoms with van der Waals surface area (Å²) in [5, 5.41) is 9.58. The molecule has 1 saturated carbocycles. The van der Waals surface area contributed by atoms with E-state index >= 15 is 0 Å². The molecule has 2 rings (SSSR count). The summed E-state index contributed by atoms with van der Waals surface area (Å²) >= 11 is 0. The van der Waals surface area contributed by atoms with Crippen molar-refractivity contribution in [2.24, 2.45) is 5.92 Å². The molecule has 2 atom stereocenters. The Labute approximate surface area is 127 Å². The SMILES string of the molecule is OC1CCCC(COCCOCCOc2ccccc2)C1. The van der Waals surface area contributed by atoms with Crippen LogP contribution in [0.3, 0.4) is 0 Å². The molecule has 1 fully saturated rings. The monoisotopic (exact) mass is 294 g/mol. The first-order valence-electron chi connectivity index (χ1n) is 7.86. The van der Waals surface area contributed by atoms with Crippen LogP contribution in [0.4, 0.5) is 0 Å². The molecule has 0 radical (unpaired) electrons. The van der Waals surface area contributed by atoms with Crippen molar-refractivity contribution in [1.29, 1.82) is 0 Å². The quantitative estimate of drug-likeness (QED) is 0.711. The summed E-state index contributed by atoms with van der Waals surface area (Å²) in [6, 6.07) is 9.73. The Balaban J connectivity index is 1.40. The molecule has 0 spiro atoms. The summed E-state index contributed by atoms with van der Waals surface area (Å²) in [6.45, 7) is 3.06. The molecule has 0 bridgehead atoms. The Morgan fingerprint density at radius 2 is 1.71 bits per heavy atom. The second kappa shape index (κ2) is 9.77. The molecule has 1 aliphatic rings. The van der Waals surface area contributed by atoms with E-state index in [9.17, 15) is 5.11 Å². The molecular weight excluding hydrogens is 268 g/mol. The maximum absolute atomic E-state index is 9.58. The molecule has 0 aliphatic heterocycles. The molecule has 1 N–H and O–H groups in total. The predicted octanol–water partition coefficient (Wildman–Crippen LogP) is 2.65. The normalized spacial score (nSPS) is 22.1. The van der Waals surface area contributed by atoms with Gasteiger partial charge in [-0.05, 0) is 37.3 Å². The summed E-state index contributed by atoms with van der Waals surface area (Å²) in [5.74, 6) is 1.38. The van der Waals surface area contributed by atoms with E-state index in [1.54, 1.807) is 0 Å². The first-order chi connectivity index (χ1) is 10.3. The highest BCUT2D eigenvalue weighted by molar-refractivity contribution is 5.20. The summed E-state index contributed by atoms with van der Waals surface area (Å²) in [4.78, 5) is 0. The second-order valence-electron chi connectivity index (χ2n) is 5.54. The van der Waals surface area contributed by atoms with Crippen molar-refractivity contribution in [1.82, 2.24) is 0 Å². The highest BCUT2D eigenvalue weighted by atomic mass is 16.5. The van der Waals surface area contributed by atoms with E-state index in [4.69, 9.17) is 14.2 Å². The number of hydrogen-bond donors (Lipinski definition) is 1. The zero-order valence-electron chi connectivity index (χ0n) is 12.6. The molecule has 1 aromatic carbocycles. The van der Waals surface area contributed by atoms with Crippen LogP contribution in [0.25, 0.3) is 0 Å². The predicted molar refractivity (Wildman–Crippen MR) is 81.5 cm³/mol. The number of para-hydroxylation sites is 1. The molecule has 0 amide bonds. The lowest BCUT2D eigenvalue weighted by Crippen LogP contribution is -2.23. The smallest absolute Gasteiger partial charge is 0.119 e. The zero-order valence-corrected chi connectivity index (χ0v) is 12.6. The molecule has 118 valence electrons. The van der Waals surface area contributed by atoms with Gasteiger partial charge in [0.05, 0.1) is 25.9 Å². The van der Waals surface area contributed by atoms with Crippen molar-refractivity contribution in [2.45, 2.75) is 31.8 Å². The molecule has 0 saturated heterocycles. The second-order valence-corrected chi connectivity index (χ2v) is 5.54. The summed E-state index contributed by atoms with van der Waals surface area (Å²) in [7, 11) is 0. The topological polar surface area (TPSA) is 47.9 Å². The minimum atomic E-state index is -0.126. The third-order valence-corrected chi connectivity index (χ3v) is 3.72. The summed E-state index contributed by atoms with van der Waals surface area (Å²) < 4.78 is 16.6. The van der Waals surface area contributed by atoms with Gasteiger partial charge in [0.1, 0.15) is 12.4 Å². The zero-order chi connectivity index (χ0) is 14.8. The van der Waals surface area contributed by atoms with Crippen molar-refractivity contribution in [3.05, 3.63) is 30.3 Å². The Morgan fingerprint density at radius 1 is 0.952 bits per heavy atom. The third-order valence-electron chi connectivity index (χ3n) is 3.72. The van der Waals surface area contributed by atoms with Crippen molar-refractivity contribution in [3.8, 4) is 5.75 Å². The summed E-state index contributed by atoms with van der Waals surface area (Å²) in [6.07, 6.45) is 3.98. The highest BCUT2D eigenvalue weighted by Crippen LogP contribution is 2.24. The van der Waals surface area contributed by atoms with E-state index in [1.165, 1.54) is 6.42 Å². The van der Waals surface area contributed by atoms with Crippen LogP contribution in [0.15, 0.2) is 30.3 Å². The first kappa shape index (κ1) is 16.3. The largest absolute Gasteiger partial charge is 0.491 e. The van der Waals surface area contributed by atoms with Gasteiger partial charge in [-0.1, -0.05) is 24.6 Å². The molecule has 1 aliphatic carbocycles. The van der Waals surface area contributed by atoms with Crippen LogP contribution in [-0.2, 0) is 9.47 Å². The number of rotatable bonds is 9. The van der Waals surface area contributed by atoms with Gasteiger partial charge in [-0.25, -0.2) is 0 Å². The van der Waals surface area contributed by atoms with Crippen molar-refractivity contribution >= 4 is 0 Å². The van der Waals surface area contributed by atoms with Gasteiger partial charge < -0.3 is 19.3 Å². The van der Waals surface area contributed by atoms with E-state index in [0.717, 1.165) is 31.6 Å². The van der Waals surface area contributed by atoms with Gasteiger partial charge >= 0.3 is 0 Å². The Bertz CT molecular complexity index is 368. The maximum atomic E-state index is 9.58. The fourth-order valence-electron chi connectivity index (χ4n) is 2.62. The van der Waals surface area contributed by atoms with Crippen LogP contribution in [0.5, 0.6) is 5.75 Å². The van der Waals surface area contributed by atoms with Gasteiger partial charge in [-0.2, -0.15) is 0 Å². The number of aliphatic hydroxyl groups excluding tert-OH is 1. The van der Waals surface area contributed by atoms with E-state index in [0.29, 0.717) is 32.3 Å². The van der Waals surface area contributed by atoms with Gasteiger partial charge in [0.25, 0.3) is 0 Å². The van der Waals surface area contributed by atoms with Crippen molar-refractivity contribution in [2.75, 3.05) is 33.0 Å². The molecule has 4 heteroatoms. The lowest BCUT2D eigenvalue weighted by molar-refractivity contribution is 0.00642. The van der Waals surface area contributed by atoms with Gasteiger partial charge in [0.15, 0.2) is 0 Å². The van der Waals surface area contributed by atoms with Gasteiger partial charge in [-0.3, -0.25) is 0 Å². The standard InChI is InChI=1S/C17H26O4/c18-16-6-4-5-15(13-16)14-20-10-9-19-11-12-21-17-7-2-1-3-8-17/h1-3,7-8,15-16,18H,4-6,9-14H2. The Kier molecular flexibility index (Phi) is 7.57. The number of ether oxygens (including phenoxy) is 3.